The first-order valence-corrected chi connectivity index (χ1v) is 8.06. The molecular weight excluding hydrogens is 298 g/mol. The average molecular weight is 317 g/mol. The molecule has 4 nitrogen and oxygen atoms in total. The lowest BCUT2D eigenvalue weighted by Crippen LogP contribution is -2.29. The van der Waals surface area contributed by atoms with Gasteiger partial charge in [0.2, 0.25) is 5.90 Å². The first-order valence-electron chi connectivity index (χ1n) is 8.06. The molecule has 24 heavy (non-hydrogen) atoms. The number of hydrogen-bond donors (Lipinski definition) is 0. The summed E-state index contributed by atoms with van der Waals surface area (Å²) in [6.45, 7) is 3.46. The Morgan fingerprint density at radius 1 is 1.00 bits per heavy atom. The maximum Gasteiger partial charge on any atom is 0.216 e. The molecule has 1 unspecified atom stereocenters. The maximum absolute atomic E-state index is 5.87. The molecule has 1 aliphatic rings. The smallest absolute Gasteiger partial charge is 0.216 e. The summed E-state index contributed by atoms with van der Waals surface area (Å²) in [6.07, 6.45) is 5.55. The van der Waals surface area contributed by atoms with Crippen molar-refractivity contribution in [2.24, 2.45) is 4.99 Å². The molecule has 0 N–H and O–H groups in total. The summed E-state index contributed by atoms with van der Waals surface area (Å²) in [4.78, 5) is 8.90. The molecule has 4 rings (SSSR count). The van der Waals surface area contributed by atoms with Crippen molar-refractivity contribution in [2.75, 3.05) is 6.61 Å². The first kappa shape index (κ1) is 14.7. The molecule has 120 valence electrons. The van der Waals surface area contributed by atoms with Crippen LogP contribution in [0.3, 0.4) is 0 Å². The van der Waals surface area contributed by atoms with Gasteiger partial charge in [-0.25, -0.2) is 9.98 Å². The van der Waals surface area contributed by atoms with Crippen LogP contribution in [0.1, 0.15) is 12.5 Å². The Kier molecular flexibility index (Phi) is 3.65. The number of rotatable bonds is 4. The molecule has 2 aromatic carbocycles. The van der Waals surface area contributed by atoms with Gasteiger partial charge in [-0.15, -0.1) is 0 Å². The molecule has 0 amide bonds. The molecular formula is C20H19N3O. The van der Waals surface area contributed by atoms with Crippen molar-refractivity contribution in [2.45, 2.75) is 19.0 Å². The van der Waals surface area contributed by atoms with E-state index in [4.69, 9.17) is 9.73 Å². The van der Waals surface area contributed by atoms with Gasteiger partial charge in [0.05, 0.1) is 12.9 Å². The third-order valence-electron chi connectivity index (χ3n) is 4.21. The normalized spacial score (nSPS) is 19.8. The number of aromatic nitrogens is 2. The quantitative estimate of drug-likeness (QED) is 0.734. The fourth-order valence-electron chi connectivity index (χ4n) is 2.97. The molecule has 0 aliphatic carbocycles. The molecule has 1 aromatic heterocycles. The van der Waals surface area contributed by atoms with Crippen LogP contribution >= 0.6 is 0 Å². The summed E-state index contributed by atoms with van der Waals surface area (Å²) in [7, 11) is 0. The fraction of sp³-hybridized carbons (Fsp3) is 0.200. The van der Waals surface area contributed by atoms with E-state index in [0.29, 0.717) is 6.61 Å². The summed E-state index contributed by atoms with van der Waals surface area (Å²) in [5, 5.41) is 0. The minimum atomic E-state index is -0.256. The van der Waals surface area contributed by atoms with E-state index in [1.165, 1.54) is 11.1 Å². The van der Waals surface area contributed by atoms with Crippen molar-refractivity contribution < 1.29 is 4.74 Å². The van der Waals surface area contributed by atoms with Gasteiger partial charge in [0.1, 0.15) is 12.1 Å². The van der Waals surface area contributed by atoms with Crippen LogP contribution in [0, 0.1) is 0 Å². The highest BCUT2D eigenvalue weighted by Gasteiger charge is 2.32. The zero-order valence-electron chi connectivity index (χ0n) is 13.6. The third-order valence-corrected chi connectivity index (χ3v) is 4.21. The minimum absolute atomic E-state index is 0.256. The SMILES string of the molecule is CC1(Cn2ccnc2)COC(c2ccc(-c3ccccc3)cc2)=N1. The molecule has 0 saturated heterocycles. The van der Waals surface area contributed by atoms with Crippen LogP contribution in [-0.4, -0.2) is 27.6 Å². The maximum atomic E-state index is 5.87. The van der Waals surface area contributed by atoms with Crippen LogP contribution in [0.15, 0.2) is 78.3 Å². The second kappa shape index (κ2) is 5.96. The van der Waals surface area contributed by atoms with Crippen LogP contribution in [0.25, 0.3) is 11.1 Å². The van der Waals surface area contributed by atoms with Crippen LogP contribution in [0.2, 0.25) is 0 Å². The Morgan fingerprint density at radius 2 is 1.71 bits per heavy atom. The van der Waals surface area contributed by atoms with E-state index < -0.39 is 0 Å². The van der Waals surface area contributed by atoms with Crippen LogP contribution in [-0.2, 0) is 11.3 Å². The van der Waals surface area contributed by atoms with Crippen LogP contribution in [0.4, 0.5) is 0 Å². The highest BCUT2D eigenvalue weighted by molar-refractivity contribution is 5.95. The average Bonchev–Trinajstić information content (AvgIpc) is 3.26. The van der Waals surface area contributed by atoms with Gasteiger partial charge in [-0.3, -0.25) is 0 Å². The Hall–Kier alpha value is -2.88. The Balaban J connectivity index is 1.55. The van der Waals surface area contributed by atoms with Gasteiger partial charge in [-0.1, -0.05) is 42.5 Å². The second-order valence-electron chi connectivity index (χ2n) is 6.38. The van der Waals surface area contributed by atoms with Crippen molar-refractivity contribution in [3.8, 4) is 11.1 Å². The molecule has 1 atom stereocenters. The van der Waals surface area contributed by atoms with Crippen molar-refractivity contribution >= 4 is 5.90 Å². The molecule has 0 spiro atoms. The van der Waals surface area contributed by atoms with E-state index in [-0.39, 0.29) is 5.54 Å². The molecule has 0 saturated carbocycles. The number of hydrogen-bond acceptors (Lipinski definition) is 3. The molecule has 1 aliphatic heterocycles. The van der Waals surface area contributed by atoms with Gasteiger partial charge >= 0.3 is 0 Å². The van der Waals surface area contributed by atoms with Gasteiger partial charge in [-0.05, 0) is 30.2 Å². The van der Waals surface area contributed by atoms with E-state index in [1.54, 1.807) is 6.20 Å². The summed E-state index contributed by atoms with van der Waals surface area (Å²) in [6, 6.07) is 18.7. The predicted octanol–water partition coefficient (Wildman–Crippen LogP) is 3.79. The largest absolute Gasteiger partial charge is 0.475 e. The molecule has 0 bridgehead atoms. The van der Waals surface area contributed by atoms with Gasteiger partial charge in [0.15, 0.2) is 0 Å². The van der Waals surface area contributed by atoms with Gasteiger partial charge < -0.3 is 9.30 Å². The summed E-state index contributed by atoms with van der Waals surface area (Å²) in [5.41, 5.74) is 3.17. The summed E-state index contributed by atoms with van der Waals surface area (Å²) in [5.74, 6) is 0.720. The topological polar surface area (TPSA) is 39.4 Å². The zero-order valence-corrected chi connectivity index (χ0v) is 13.6. The second-order valence-corrected chi connectivity index (χ2v) is 6.38. The Labute approximate surface area is 141 Å². The van der Waals surface area contributed by atoms with E-state index in [2.05, 4.69) is 60.4 Å². The van der Waals surface area contributed by atoms with E-state index in [1.807, 2.05) is 23.2 Å². The fourth-order valence-corrected chi connectivity index (χ4v) is 2.97. The van der Waals surface area contributed by atoms with Crippen molar-refractivity contribution in [3.63, 3.8) is 0 Å². The lowest BCUT2D eigenvalue weighted by atomic mass is 10.0. The van der Waals surface area contributed by atoms with E-state index >= 15 is 0 Å². The first-order chi connectivity index (χ1) is 11.7. The van der Waals surface area contributed by atoms with Gasteiger partial charge in [-0.2, -0.15) is 0 Å². The standard InChI is InChI=1S/C20H19N3O/c1-20(13-23-12-11-21-15-23)14-24-19(22-20)18-9-7-17(8-10-18)16-5-3-2-4-6-16/h2-12,15H,13-14H2,1H3. The third kappa shape index (κ3) is 2.95. The number of benzene rings is 2. The van der Waals surface area contributed by atoms with E-state index in [9.17, 15) is 0 Å². The molecule has 0 fully saturated rings. The van der Waals surface area contributed by atoms with Gasteiger partial charge in [0, 0.05) is 18.0 Å². The highest BCUT2D eigenvalue weighted by atomic mass is 16.5. The molecule has 3 aromatic rings. The van der Waals surface area contributed by atoms with Crippen LogP contribution < -0.4 is 0 Å². The number of ether oxygens (including phenoxy) is 1. The monoisotopic (exact) mass is 317 g/mol. The number of nitrogens with zero attached hydrogens (tertiary/aromatic N) is 3. The minimum Gasteiger partial charge on any atom is -0.475 e. The summed E-state index contributed by atoms with van der Waals surface area (Å²) >= 11 is 0. The summed E-state index contributed by atoms with van der Waals surface area (Å²) < 4.78 is 7.90. The highest BCUT2D eigenvalue weighted by Crippen LogP contribution is 2.25. The molecule has 0 radical (unpaired) electrons. The predicted molar refractivity (Wildman–Crippen MR) is 95.0 cm³/mol. The molecule has 4 heteroatoms. The van der Waals surface area contributed by atoms with Crippen molar-refractivity contribution in [3.05, 3.63) is 78.9 Å². The number of aliphatic imine (C=N–C) groups is 1. The zero-order chi connectivity index (χ0) is 16.4. The lowest BCUT2D eigenvalue weighted by Gasteiger charge is -2.18. The van der Waals surface area contributed by atoms with Crippen molar-refractivity contribution in [1.82, 2.24) is 9.55 Å². The van der Waals surface area contributed by atoms with Gasteiger partial charge in [0.25, 0.3) is 0 Å². The van der Waals surface area contributed by atoms with Crippen LogP contribution in [0.5, 0.6) is 0 Å². The lowest BCUT2D eigenvalue weighted by molar-refractivity contribution is 0.248. The molecule has 2 heterocycles. The van der Waals surface area contributed by atoms with E-state index in [0.717, 1.165) is 18.0 Å². The number of imidazole rings is 1. The van der Waals surface area contributed by atoms with Crippen molar-refractivity contribution in [1.29, 1.82) is 0 Å². The Morgan fingerprint density at radius 3 is 2.42 bits per heavy atom. The Bertz CT molecular complexity index is 838.